The molecule has 2 aromatic rings. The van der Waals surface area contributed by atoms with Crippen molar-refractivity contribution in [2.24, 2.45) is 0 Å². The topological polar surface area (TPSA) is 127 Å². The van der Waals surface area contributed by atoms with E-state index in [1.807, 2.05) is 0 Å². The molecule has 40 heavy (non-hydrogen) atoms. The molecule has 10 nitrogen and oxygen atoms in total. The normalized spacial score (nSPS) is 21.1. The first-order chi connectivity index (χ1) is 19.6. The highest BCUT2D eigenvalue weighted by atomic mass is 16.6. The number of nitrogens with two attached hydrogens (primary N) is 1. The van der Waals surface area contributed by atoms with Gasteiger partial charge in [-0.3, -0.25) is 14.3 Å². The molecule has 0 amide bonds. The molecule has 3 N–H and O–H groups in total. The van der Waals surface area contributed by atoms with Gasteiger partial charge in [-0.2, -0.15) is 4.98 Å². The molecule has 1 saturated heterocycles. The van der Waals surface area contributed by atoms with E-state index in [1.165, 1.54) is 77.0 Å². The zero-order chi connectivity index (χ0) is 28.6. The molecular formula is C30H53N5O5. The molecule has 0 radical (unpaired) electrons. The lowest BCUT2D eigenvalue weighted by Gasteiger charge is -2.24. The predicted molar refractivity (Wildman–Crippen MR) is 158 cm³/mol. The molecular weight excluding hydrogens is 510 g/mol. The number of nitrogen functional groups attached to an aromatic ring is 1. The first-order valence-electron chi connectivity index (χ1n) is 15.7. The molecule has 10 heteroatoms. The summed E-state index contributed by atoms with van der Waals surface area (Å²) in [6.07, 6.45) is 19.3. The molecule has 228 valence electrons. The van der Waals surface area contributed by atoms with Gasteiger partial charge in [0, 0.05) is 20.3 Å². The van der Waals surface area contributed by atoms with Crippen LogP contribution in [0.1, 0.15) is 116 Å². The van der Waals surface area contributed by atoms with Gasteiger partial charge in [-0.15, -0.1) is 0 Å². The molecule has 3 heterocycles. The standard InChI is InChI=1S/C30H53N5O5/c1-4-6-7-8-9-10-11-12-13-14-15-16-17-18-20-39-26-25(37-3)23(21-38-19-5-2)40-29(26)35-22-32-24-27(35)33-30(31)34-28(24)36/h22-23,25-26,29H,4-21H2,1-3H3,(H3,31,33,34,36)/t23-,25-,26-,29-/m1/s1. The molecule has 3 rings (SSSR count). The Hall–Kier alpha value is -2.01. The Morgan fingerprint density at radius 2 is 1.52 bits per heavy atom. The Kier molecular flexibility index (Phi) is 15.0. The Morgan fingerprint density at radius 1 is 0.900 bits per heavy atom. The minimum atomic E-state index is -0.564. The minimum Gasteiger partial charge on any atom is -0.379 e. The highest BCUT2D eigenvalue weighted by Gasteiger charge is 2.47. The summed E-state index contributed by atoms with van der Waals surface area (Å²) < 4.78 is 26.2. The number of rotatable bonds is 22. The van der Waals surface area contributed by atoms with E-state index in [0.29, 0.717) is 25.5 Å². The summed E-state index contributed by atoms with van der Waals surface area (Å²) in [7, 11) is 1.67. The van der Waals surface area contributed by atoms with Crippen LogP contribution in [0.3, 0.4) is 0 Å². The van der Waals surface area contributed by atoms with Crippen molar-refractivity contribution in [2.75, 3.05) is 32.7 Å². The third kappa shape index (κ3) is 9.82. The largest absolute Gasteiger partial charge is 0.379 e. The maximum atomic E-state index is 12.3. The molecule has 1 aliphatic rings. The number of hydrogen-bond donors (Lipinski definition) is 2. The second kappa shape index (κ2) is 18.4. The van der Waals surface area contributed by atoms with Crippen molar-refractivity contribution in [3.8, 4) is 0 Å². The van der Waals surface area contributed by atoms with E-state index in [-0.39, 0.29) is 29.2 Å². The van der Waals surface area contributed by atoms with E-state index in [0.717, 1.165) is 19.3 Å². The number of nitrogens with one attached hydrogen (secondary N) is 1. The summed E-state index contributed by atoms with van der Waals surface area (Å²) in [4.78, 5) is 23.4. The highest BCUT2D eigenvalue weighted by molar-refractivity contribution is 5.70. The van der Waals surface area contributed by atoms with Crippen LogP contribution >= 0.6 is 0 Å². The van der Waals surface area contributed by atoms with Crippen LogP contribution in [0.4, 0.5) is 5.95 Å². The Morgan fingerprint density at radius 3 is 2.12 bits per heavy atom. The van der Waals surface area contributed by atoms with Gasteiger partial charge >= 0.3 is 0 Å². The Balaban J connectivity index is 1.44. The van der Waals surface area contributed by atoms with Crippen molar-refractivity contribution >= 4 is 17.1 Å². The predicted octanol–water partition coefficient (Wildman–Crippen LogP) is 5.91. The molecule has 0 saturated carbocycles. The van der Waals surface area contributed by atoms with Crippen molar-refractivity contribution in [1.29, 1.82) is 0 Å². The number of hydrogen-bond acceptors (Lipinski definition) is 8. The summed E-state index contributed by atoms with van der Waals surface area (Å²) in [6.45, 7) is 5.99. The fourth-order valence-electron chi connectivity index (χ4n) is 5.52. The van der Waals surface area contributed by atoms with Crippen LogP contribution in [-0.2, 0) is 18.9 Å². The highest BCUT2D eigenvalue weighted by Crippen LogP contribution is 2.35. The van der Waals surface area contributed by atoms with E-state index in [9.17, 15) is 4.79 Å². The van der Waals surface area contributed by atoms with E-state index in [2.05, 4.69) is 28.8 Å². The van der Waals surface area contributed by atoms with Gasteiger partial charge in [-0.25, -0.2) is 4.98 Å². The number of H-pyrrole nitrogens is 1. The molecule has 1 aliphatic heterocycles. The van der Waals surface area contributed by atoms with Crippen LogP contribution in [0.5, 0.6) is 0 Å². The summed E-state index contributed by atoms with van der Waals surface area (Å²) in [6, 6.07) is 0. The van der Waals surface area contributed by atoms with Crippen LogP contribution in [0.2, 0.25) is 0 Å². The summed E-state index contributed by atoms with van der Waals surface area (Å²) >= 11 is 0. The number of imidazole rings is 1. The molecule has 1 fully saturated rings. The molecule has 2 aromatic heterocycles. The first kappa shape index (κ1) is 32.5. The van der Waals surface area contributed by atoms with E-state index in [1.54, 1.807) is 18.0 Å². The zero-order valence-corrected chi connectivity index (χ0v) is 25.1. The fraction of sp³-hybridized carbons (Fsp3) is 0.833. The Bertz CT molecular complexity index is 1010. The second-order valence-corrected chi connectivity index (χ2v) is 11.0. The van der Waals surface area contributed by atoms with E-state index in [4.69, 9.17) is 24.7 Å². The second-order valence-electron chi connectivity index (χ2n) is 11.0. The molecule has 0 aliphatic carbocycles. The maximum absolute atomic E-state index is 12.3. The van der Waals surface area contributed by atoms with E-state index >= 15 is 0 Å². The first-order valence-corrected chi connectivity index (χ1v) is 15.7. The molecule has 0 aromatic carbocycles. The number of fused-ring (bicyclic) bond motifs is 1. The number of anilines is 1. The van der Waals surface area contributed by atoms with Crippen molar-refractivity contribution in [1.82, 2.24) is 19.5 Å². The molecule has 0 unspecified atom stereocenters. The minimum absolute atomic E-state index is 0.0308. The lowest BCUT2D eigenvalue weighted by Crippen LogP contribution is -2.38. The quantitative estimate of drug-likeness (QED) is 0.169. The van der Waals surface area contributed by atoms with Gasteiger partial charge in [-0.1, -0.05) is 97.3 Å². The lowest BCUT2D eigenvalue weighted by atomic mass is 10.0. The number of aromatic amines is 1. The van der Waals surface area contributed by atoms with E-state index < -0.39 is 12.3 Å². The van der Waals surface area contributed by atoms with Gasteiger partial charge < -0.3 is 24.7 Å². The summed E-state index contributed by atoms with van der Waals surface area (Å²) in [5.74, 6) is 0.0308. The Labute approximate surface area is 239 Å². The van der Waals surface area contributed by atoms with Crippen molar-refractivity contribution in [3.63, 3.8) is 0 Å². The summed E-state index contributed by atoms with van der Waals surface area (Å²) in [5, 5.41) is 0. The molecule has 0 bridgehead atoms. The average molecular weight is 564 g/mol. The number of nitrogens with zero attached hydrogens (tertiary/aromatic N) is 3. The van der Waals surface area contributed by atoms with Crippen molar-refractivity contribution in [3.05, 3.63) is 16.7 Å². The third-order valence-electron chi connectivity index (χ3n) is 7.72. The van der Waals surface area contributed by atoms with Crippen LogP contribution in [0.25, 0.3) is 11.2 Å². The monoisotopic (exact) mass is 563 g/mol. The van der Waals surface area contributed by atoms with Crippen LogP contribution < -0.4 is 11.3 Å². The fourth-order valence-corrected chi connectivity index (χ4v) is 5.52. The number of methoxy groups -OCH3 is 1. The number of ether oxygens (including phenoxy) is 4. The maximum Gasteiger partial charge on any atom is 0.280 e. The molecule has 4 atom stereocenters. The van der Waals surface area contributed by atoms with Gasteiger partial charge in [-0.05, 0) is 12.8 Å². The SMILES string of the molecule is CCCCCCCCCCCCCCCCO[C@@H]1[C@H](OC)[C@@H](COCCC)O[C@H]1n1cnc2c(=O)[nH]c(N)nc21. The summed E-state index contributed by atoms with van der Waals surface area (Å²) in [5.41, 5.74) is 6.01. The zero-order valence-electron chi connectivity index (χ0n) is 25.1. The van der Waals surface area contributed by atoms with Gasteiger partial charge in [0.2, 0.25) is 5.95 Å². The van der Waals surface area contributed by atoms with Gasteiger partial charge in [0.15, 0.2) is 17.4 Å². The number of unbranched alkanes of at least 4 members (excludes halogenated alkanes) is 13. The van der Waals surface area contributed by atoms with Gasteiger partial charge in [0.25, 0.3) is 5.56 Å². The van der Waals surface area contributed by atoms with Crippen molar-refractivity contribution < 1.29 is 18.9 Å². The van der Waals surface area contributed by atoms with Gasteiger partial charge in [0.05, 0.1) is 12.9 Å². The number of aromatic nitrogens is 4. The van der Waals surface area contributed by atoms with Crippen LogP contribution in [0.15, 0.2) is 11.1 Å². The lowest BCUT2D eigenvalue weighted by molar-refractivity contribution is -0.0761. The third-order valence-corrected chi connectivity index (χ3v) is 7.72. The van der Waals surface area contributed by atoms with Crippen LogP contribution in [-0.4, -0.2) is 64.8 Å². The van der Waals surface area contributed by atoms with Gasteiger partial charge in [0.1, 0.15) is 18.3 Å². The van der Waals surface area contributed by atoms with Crippen LogP contribution in [0, 0.1) is 0 Å². The van der Waals surface area contributed by atoms with Crippen molar-refractivity contribution in [2.45, 2.75) is 135 Å². The average Bonchev–Trinajstić information content (AvgIpc) is 3.52. The molecule has 0 spiro atoms. The smallest absolute Gasteiger partial charge is 0.280 e.